The Labute approximate surface area is 135 Å². The highest BCUT2D eigenvalue weighted by atomic mass is 79.9. The van der Waals surface area contributed by atoms with Crippen molar-refractivity contribution in [3.63, 3.8) is 0 Å². The molecule has 2 aromatic rings. The molecular formula is C17H24BrN3. The van der Waals surface area contributed by atoms with E-state index in [2.05, 4.69) is 71.4 Å². The number of hydrogen-bond acceptors (Lipinski definition) is 2. The van der Waals surface area contributed by atoms with E-state index in [1.54, 1.807) is 0 Å². The molecule has 0 spiro atoms. The van der Waals surface area contributed by atoms with Crippen LogP contribution in [0.4, 0.5) is 0 Å². The van der Waals surface area contributed by atoms with Crippen LogP contribution in [0.3, 0.4) is 0 Å². The Kier molecular flexibility index (Phi) is 5.59. The van der Waals surface area contributed by atoms with E-state index in [1.165, 1.54) is 21.3 Å². The highest BCUT2D eigenvalue weighted by molar-refractivity contribution is 9.10. The number of hydrogen-bond donors (Lipinski definition) is 1. The molecule has 0 amide bonds. The van der Waals surface area contributed by atoms with Crippen molar-refractivity contribution in [2.45, 2.75) is 39.7 Å². The van der Waals surface area contributed by atoms with Crippen LogP contribution < -0.4 is 5.32 Å². The van der Waals surface area contributed by atoms with Crippen molar-refractivity contribution < 1.29 is 0 Å². The monoisotopic (exact) mass is 349 g/mol. The normalized spacial score (nSPS) is 12.6. The molecule has 1 aromatic heterocycles. The molecule has 0 aliphatic rings. The van der Waals surface area contributed by atoms with Gasteiger partial charge in [0.25, 0.3) is 0 Å². The summed E-state index contributed by atoms with van der Waals surface area (Å²) < 4.78 is 3.18. The second-order valence-corrected chi connectivity index (χ2v) is 6.30. The molecule has 1 heterocycles. The lowest BCUT2D eigenvalue weighted by Gasteiger charge is -2.20. The number of rotatable bonds is 6. The van der Waals surface area contributed by atoms with Crippen LogP contribution >= 0.6 is 15.9 Å². The van der Waals surface area contributed by atoms with Crippen molar-refractivity contribution in [2.75, 3.05) is 6.54 Å². The molecule has 21 heavy (non-hydrogen) atoms. The maximum atomic E-state index is 4.55. The van der Waals surface area contributed by atoms with E-state index in [0.29, 0.717) is 6.04 Å². The smallest absolute Gasteiger partial charge is 0.0624 e. The maximum absolute atomic E-state index is 4.55. The zero-order valence-electron chi connectivity index (χ0n) is 13.3. The maximum Gasteiger partial charge on any atom is 0.0624 e. The third-order valence-electron chi connectivity index (χ3n) is 3.78. The summed E-state index contributed by atoms with van der Waals surface area (Å²) in [5.41, 5.74) is 5.01. The second kappa shape index (κ2) is 7.23. The predicted molar refractivity (Wildman–Crippen MR) is 91.6 cm³/mol. The molecular weight excluding hydrogens is 326 g/mol. The van der Waals surface area contributed by atoms with Gasteiger partial charge in [0, 0.05) is 29.7 Å². The molecule has 1 atom stereocenters. The van der Waals surface area contributed by atoms with Crippen LogP contribution in [-0.2, 0) is 19.9 Å². The van der Waals surface area contributed by atoms with Crippen molar-refractivity contribution in [2.24, 2.45) is 7.05 Å². The predicted octanol–water partition coefficient (Wildman–Crippen LogP) is 3.95. The summed E-state index contributed by atoms with van der Waals surface area (Å²) in [5, 5.41) is 8.14. The number of likely N-dealkylation sites (N-methyl/N-ethyl adjacent to an activating group) is 1. The minimum atomic E-state index is 0.296. The molecule has 0 fully saturated rings. The van der Waals surface area contributed by atoms with Gasteiger partial charge in [0.2, 0.25) is 0 Å². The van der Waals surface area contributed by atoms with Gasteiger partial charge in [-0.2, -0.15) is 5.10 Å². The molecule has 1 N–H and O–H groups in total. The molecule has 0 aliphatic heterocycles. The van der Waals surface area contributed by atoms with Gasteiger partial charge in [-0.05, 0) is 43.1 Å². The second-order valence-electron chi connectivity index (χ2n) is 5.44. The minimum Gasteiger partial charge on any atom is -0.310 e. The van der Waals surface area contributed by atoms with E-state index < -0.39 is 0 Å². The van der Waals surface area contributed by atoms with E-state index in [0.717, 1.165) is 25.1 Å². The Morgan fingerprint density at radius 1 is 1.29 bits per heavy atom. The van der Waals surface area contributed by atoms with Crippen molar-refractivity contribution in [3.05, 3.63) is 51.3 Å². The van der Waals surface area contributed by atoms with Crippen LogP contribution in [0.25, 0.3) is 0 Å². The molecule has 4 heteroatoms. The van der Waals surface area contributed by atoms with Gasteiger partial charge in [-0.15, -0.1) is 0 Å². The summed E-state index contributed by atoms with van der Waals surface area (Å²) in [6, 6.07) is 9.08. The number of benzene rings is 1. The highest BCUT2D eigenvalue weighted by Gasteiger charge is 2.16. The first-order valence-electron chi connectivity index (χ1n) is 7.56. The van der Waals surface area contributed by atoms with E-state index >= 15 is 0 Å². The van der Waals surface area contributed by atoms with Gasteiger partial charge in [0.15, 0.2) is 0 Å². The van der Waals surface area contributed by atoms with Crippen molar-refractivity contribution in [1.82, 2.24) is 15.1 Å². The van der Waals surface area contributed by atoms with Crippen LogP contribution in [0.2, 0.25) is 0 Å². The third-order valence-corrected chi connectivity index (χ3v) is 4.47. The first kappa shape index (κ1) is 16.2. The van der Waals surface area contributed by atoms with Gasteiger partial charge < -0.3 is 5.32 Å². The summed E-state index contributed by atoms with van der Waals surface area (Å²) in [6.45, 7) is 7.36. The molecule has 114 valence electrons. The Balaban J connectivity index is 2.28. The minimum absolute atomic E-state index is 0.296. The molecule has 1 aromatic carbocycles. The van der Waals surface area contributed by atoms with E-state index in [1.807, 2.05) is 11.7 Å². The zero-order valence-corrected chi connectivity index (χ0v) is 14.9. The average Bonchev–Trinajstić information content (AvgIpc) is 2.79. The van der Waals surface area contributed by atoms with Gasteiger partial charge in [0.05, 0.1) is 5.69 Å². The van der Waals surface area contributed by atoms with Crippen molar-refractivity contribution in [1.29, 1.82) is 0 Å². The molecule has 1 unspecified atom stereocenters. The SMILES string of the molecule is CCNC(Cc1cc(CC)nn1C)c1ccc(C)cc1Br. The molecule has 0 bridgehead atoms. The standard InChI is InChI=1S/C17H24BrN3/c1-5-13-10-14(21(4)20-13)11-17(19-6-2)15-8-7-12(3)9-16(15)18/h7-10,17,19H,5-6,11H2,1-4H3. The van der Waals surface area contributed by atoms with E-state index in [-0.39, 0.29) is 0 Å². The molecule has 0 saturated carbocycles. The first-order valence-corrected chi connectivity index (χ1v) is 8.35. The lowest BCUT2D eigenvalue weighted by Crippen LogP contribution is -2.24. The van der Waals surface area contributed by atoms with Gasteiger partial charge in [0.1, 0.15) is 0 Å². The zero-order chi connectivity index (χ0) is 15.4. The fraction of sp³-hybridized carbons (Fsp3) is 0.471. The molecule has 2 rings (SSSR count). The summed E-state index contributed by atoms with van der Waals surface area (Å²) in [5.74, 6) is 0. The van der Waals surface area contributed by atoms with Crippen LogP contribution in [0, 0.1) is 6.92 Å². The highest BCUT2D eigenvalue weighted by Crippen LogP contribution is 2.27. The number of halogens is 1. The van der Waals surface area contributed by atoms with Crippen LogP contribution in [0.15, 0.2) is 28.7 Å². The van der Waals surface area contributed by atoms with Gasteiger partial charge >= 0.3 is 0 Å². The summed E-state index contributed by atoms with van der Waals surface area (Å²) in [7, 11) is 2.03. The summed E-state index contributed by atoms with van der Waals surface area (Å²) in [6.07, 6.45) is 1.92. The summed E-state index contributed by atoms with van der Waals surface area (Å²) >= 11 is 3.71. The molecule has 0 aliphatic carbocycles. The molecule has 0 radical (unpaired) electrons. The fourth-order valence-corrected chi connectivity index (χ4v) is 3.37. The van der Waals surface area contributed by atoms with Crippen LogP contribution in [0.1, 0.15) is 42.4 Å². The Bertz CT molecular complexity index is 604. The van der Waals surface area contributed by atoms with Gasteiger partial charge in [-0.3, -0.25) is 4.68 Å². The average molecular weight is 350 g/mol. The van der Waals surface area contributed by atoms with Crippen LogP contribution in [-0.4, -0.2) is 16.3 Å². The van der Waals surface area contributed by atoms with Gasteiger partial charge in [-0.1, -0.05) is 41.9 Å². The first-order chi connectivity index (χ1) is 10.0. The van der Waals surface area contributed by atoms with E-state index in [9.17, 15) is 0 Å². The number of aryl methyl sites for hydroxylation is 3. The quantitative estimate of drug-likeness (QED) is 0.855. The fourth-order valence-electron chi connectivity index (χ4n) is 2.60. The Hall–Kier alpha value is -1.13. The largest absolute Gasteiger partial charge is 0.310 e. The van der Waals surface area contributed by atoms with Crippen molar-refractivity contribution >= 4 is 15.9 Å². The Morgan fingerprint density at radius 3 is 2.62 bits per heavy atom. The summed E-state index contributed by atoms with van der Waals surface area (Å²) in [4.78, 5) is 0. The Morgan fingerprint density at radius 2 is 2.05 bits per heavy atom. The topological polar surface area (TPSA) is 29.9 Å². The molecule has 3 nitrogen and oxygen atoms in total. The van der Waals surface area contributed by atoms with Gasteiger partial charge in [-0.25, -0.2) is 0 Å². The number of aromatic nitrogens is 2. The van der Waals surface area contributed by atoms with Crippen molar-refractivity contribution in [3.8, 4) is 0 Å². The third kappa shape index (κ3) is 3.95. The lowest BCUT2D eigenvalue weighted by atomic mass is 10.0. The van der Waals surface area contributed by atoms with E-state index in [4.69, 9.17) is 0 Å². The number of nitrogens with zero attached hydrogens (tertiary/aromatic N) is 2. The van der Waals surface area contributed by atoms with Crippen LogP contribution in [0.5, 0.6) is 0 Å². The molecule has 0 saturated heterocycles. The number of nitrogens with one attached hydrogen (secondary N) is 1. The lowest BCUT2D eigenvalue weighted by molar-refractivity contribution is 0.527.